The summed E-state index contributed by atoms with van der Waals surface area (Å²) in [5, 5.41) is 1.78. The fourth-order valence-electron chi connectivity index (χ4n) is 2.11. The number of aromatic nitrogens is 1. The van der Waals surface area contributed by atoms with Crippen LogP contribution in [-0.4, -0.2) is 24.4 Å². The van der Waals surface area contributed by atoms with E-state index in [0.29, 0.717) is 30.1 Å². The number of carbonyl (C=O) groups excluding carboxylic acids is 1. The van der Waals surface area contributed by atoms with Crippen molar-refractivity contribution in [1.82, 2.24) is 4.98 Å². The Morgan fingerprint density at radius 1 is 1.26 bits per heavy atom. The molecule has 0 amide bonds. The van der Waals surface area contributed by atoms with Gasteiger partial charge in [0, 0.05) is 22.7 Å². The quantitative estimate of drug-likeness (QED) is 0.754. The van der Waals surface area contributed by atoms with Crippen LogP contribution in [0.4, 0.5) is 5.13 Å². The van der Waals surface area contributed by atoms with Gasteiger partial charge in [0.15, 0.2) is 5.13 Å². The van der Waals surface area contributed by atoms with E-state index in [1.807, 2.05) is 24.3 Å². The van der Waals surface area contributed by atoms with Gasteiger partial charge in [-0.3, -0.25) is 9.52 Å². The largest absolute Gasteiger partial charge is 0.299 e. The monoisotopic (exact) mass is 414 g/mol. The molecular weight excluding hydrogens is 400 g/mol. The average Bonchev–Trinajstić information content (AvgIpc) is 3.26. The lowest BCUT2D eigenvalue weighted by Gasteiger charge is -2.02. The number of nitrogens with one attached hydrogen (secondary N) is 1. The van der Waals surface area contributed by atoms with Crippen molar-refractivity contribution in [2.75, 3.05) is 4.72 Å². The van der Waals surface area contributed by atoms with Crippen LogP contribution in [0.5, 0.6) is 0 Å². The van der Waals surface area contributed by atoms with E-state index < -0.39 is 10.0 Å². The second-order valence-corrected chi connectivity index (χ2v) is 9.24. The normalized spacial score (nSPS) is 14.7. The van der Waals surface area contributed by atoms with Crippen LogP contribution in [-0.2, 0) is 27.7 Å². The molecule has 8 heteroatoms. The van der Waals surface area contributed by atoms with E-state index in [1.165, 1.54) is 11.3 Å². The van der Waals surface area contributed by atoms with E-state index in [1.54, 1.807) is 5.38 Å². The molecule has 1 saturated carbocycles. The molecule has 0 radical (unpaired) electrons. The molecule has 1 fully saturated rings. The molecule has 1 N–H and O–H groups in total. The molecule has 1 aromatic heterocycles. The fraction of sp³-hybridized carbons (Fsp3) is 0.333. The summed E-state index contributed by atoms with van der Waals surface area (Å²) in [7, 11) is -3.30. The third-order valence-corrected chi connectivity index (χ3v) is 6.73. The van der Waals surface area contributed by atoms with Crippen LogP contribution in [0.3, 0.4) is 0 Å². The second-order valence-electron chi connectivity index (χ2n) is 5.51. The predicted molar refractivity (Wildman–Crippen MR) is 94.2 cm³/mol. The van der Waals surface area contributed by atoms with Gasteiger partial charge in [0.1, 0.15) is 5.78 Å². The summed E-state index contributed by atoms with van der Waals surface area (Å²) in [6, 6.07) is 7.60. The van der Waals surface area contributed by atoms with Gasteiger partial charge >= 0.3 is 0 Å². The molecule has 23 heavy (non-hydrogen) atoms. The molecule has 0 unspecified atom stereocenters. The van der Waals surface area contributed by atoms with Gasteiger partial charge in [-0.25, -0.2) is 13.4 Å². The van der Waals surface area contributed by atoms with Crippen molar-refractivity contribution < 1.29 is 13.2 Å². The molecule has 0 saturated heterocycles. The van der Waals surface area contributed by atoms with Crippen molar-refractivity contribution in [3.63, 3.8) is 0 Å². The summed E-state index contributed by atoms with van der Waals surface area (Å²) in [6.07, 6.45) is 1.96. The number of carbonyl (C=O) groups is 1. The summed E-state index contributed by atoms with van der Waals surface area (Å²) in [6.45, 7) is 0. The van der Waals surface area contributed by atoms with Crippen molar-refractivity contribution in [1.29, 1.82) is 0 Å². The minimum atomic E-state index is -3.30. The molecule has 1 aliphatic rings. The van der Waals surface area contributed by atoms with Crippen molar-refractivity contribution in [2.24, 2.45) is 0 Å². The van der Waals surface area contributed by atoms with Gasteiger partial charge in [-0.15, -0.1) is 11.3 Å². The van der Waals surface area contributed by atoms with Crippen LogP contribution < -0.4 is 4.72 Å². The fourth-order valence-corrected chi connectivity index (χ4v) is 4.68. The number of sulfonamides is 1. The highest BCUT2D eigenvalue weighted by Crippen LogP contribution is 2.30. The molecule has 1 aromatic carbocycles. The van der Waals surface area contributed by atoms with Crippen LogP contribution in [0, 0.1) is 0 Å². The molecule has 0 atom stereocenters. The van der Waals surface area contributed by atoms with Crippen molar-refractivity contribution in [3.05, 3.63) is 45.4 Å². The Balaban J connectivity index is 1.58. The first-order chi connectivity index (χ1) is 10.9. The molecule has 122 valence electrons. The Bertz CT molecular complexity index is 812. The molecule has 1 heterocycles. The van der Waals surface area contributed by atoms with Crippen LogP contribution in [0.15, 0.2) is 34.1 Å². The Labute approximate surface area is 147 Å². The zero-order valence-electron chi connectivity index (χ0n) is 12.2. The SMILES string of the molecule is O=C(Cc1ccc(Br)cc1)Cc1csc(NS(=O)(=O)C2CC2)n1. The Hall–Kier alpha value is -1.25. The molecule has 3 rings (SSSR count). The maximum absolute atomic E-state index is 12.1. The van der Waals surface area contributed by atoms with Gasteiger partial charge in [0.25, 0.3) is 0 Å². The maximum atomic E-state index is 12.1. The van der Waals surface area contributed by atoms with Gasteiger partial charge < -0.3 is 0 Å². The van der Waals surface area contributed by atoms with E-state index in [9.17, 15) is 13.2 Å². The highest BCUT2D eigenvalue weighted by atomic mass is 79.9. The maximum Gasteiger partial charge on any atom is 0.237 e. The standard InChI is InChI=1S/C15H15BrN2O3S2/c16-11-3-1-10(2-4-11)7-13(19)8-12-9-22-15(17-12)18-23(20,21)14-5-6-14/h1-4,9,14H,5-8H2,(H,17,18). The number of halogens is 1. The number of thiazole rings is 1. The number of anilines is 1. The summed E-state index contributed by atoms with van der Waals surface area (Å²) < 4.78 is 27.2. The number of nitrogens with zero attached hydrogens (tertiary/aromatic N) is 1. The Morgan fingerprint density at radius 2 is 1.96 bits per heavy atom. The third kappa shape index (κ3) is 4.62. The number of ketones is 1. The third-order valence-electron chi connectivity index (χ3n) is 3.44. The van der Waals surface area contributed by atoms with Gasteiger partial charge in [0.2, 0.25) is 10.0 Å². The van der Waals surface area contributed by atoms with Gasteiger partial charge in [-0.2, -0.15) is 0 Å². The summed E-state index contributed by atoms with van der Waals surface area (Å²) >= 11 is 4.57. The number of rotatable bonds is 7. The predicted octanol–water partition coefficient (Wildman–Crippen LogP) is 3.16. The molecule has 0 aliphatic heterocycles. The van der Waals surface area contributed by atoms with Gasteiger partial charge in [-0.1, -0.05) is 28.1 Å². The van der Waals surface area contributed by atoms with Crippen molar-refractivity contribution in [2.45, 2.75) is 30.9 Å². The highest BCUT2D eigenvalue weighted by molar-refractivity contribution is 9.10. The van der Waals surface area contributed by atoms with E-state index in [0.717, 1.165) is 10.0 Å². The average molecular weight is 415 g/mol. The lowest BCUT2D eigenvalue weighted by molar-refractivity contribution is -0.117. The van der Waals surface area contributed by atoms with E-state index in [-0.39, 0.29) is 17.5 Å². The molecule has 5 nitrogen and oxygen atoms in total. The van der Waals surface area contributed by atoms with Crippen LogP contribution >= 0.6 is 27.3 Å². The molecule has 0 spiro atoms. The molecular formula is C15H15BrN2O3S2. The Kier molecular flexibility index (Phi) is 4.84. The van der Waals surface area contributed by atoms with Crippen LogP contribution in [0.2, 0.25) is 0 Å². The van der Waals surface area contributed by atoms with E-state index in [2.05, 4.69) is 25.6 Å². The van der Waals surface area contributed by atoms with Gasteiger partial charge in [-0.05, 0) is 30.5 Å². The first-order valence-electron chi connectivity index (χ1n) is 7.14. The van der Waals surface area contributed by atoms with Crippen molar-refractivity contribution in [3.8, 4) is 0 Å². The van der Waals surface area contributed by atoms with Crippen LogP contribution in [0.1, 0.15) is 24.1 Å². The van der Waals surface area contributed by atoms with Crippen molar-refractivity contribution >= 4 is 48.2 Å². The Morgan fingerprint density at radius 3 is 2.61 bits per heavy atom. The minimum absolute atomic E-state index is 0.0502. The zero-order chi connectivity index (χ0) is 16.4. The smallest absolute Gasteiger partial charge is 0.237 e. The number of Topliss-reactive ketones (excluding diaryl/α,β-unsaturated/α-hetero) is 1. The lowest BCUT2D eigenvalue weighted by Crippen LogP contribution is -2.17. The van der Waals surface area contributed by atoms with Crippen LogP contribution in [0.25, 0.3) is 0 Å². The first-order valence-corrected chi connectivity index (χ1v) is 10.4. The lowest BCUT2D eigenvalue weighted by atomic mass is 10.1. The van der Waals surface area contributed by atoms with E-state index in [4.69, 9.17) is 0 Å². The van der Waals surface area contributed by atoms with Gasteiger partial charge in [0.05, 0.1) is 10.9 Å². The molecule has 1 aliphatic carbocycles. The molecule has 0 bridgehead atoms. The number of hydrogen-bond donors (Lipinski definition) is 1. The highest BCUT2D eigenvalue weighted by Gasteiger charge is 2.36. The van der Waals surface area contributed by atoms with E-state index >= 15 is 0 Å². The summed E-state index contributed by atoms with van der Waals surface area (Å²) in [4.78, 5) is 16.3. The molecule has 2 aromatic rings. The zero-order valence-corrected chi connectivity index (χ0v) is 15.4. The minimum Gasteiger partial charge on any atom is -0.299 e. The summed E-state index contributed by atoms with van der Waals surface area (Å²) in [5.41, 5.74) is 1.55. The first kappa shape index (κ1) is 16.6. The summed E-state index contributed by atoms with van der Waals surface area (Å²) in [5.74, 6) is 0.0502. The number of benzene rings is 1. The number of hydrogen-bond acceptors (Lipinski definition) is 5. The second kappa shape index (κ2) is 6.70. The topological polar surface area (TPSA) is 76.1 Å².